The monoisotopic (exact) mass is 225 g/mol. The van der Waals surface area contributed by atoms with E-state index in [0.717, 1.165) is 10.2 Å². The lowest BCUT2D eigenvalue weighted by Crippen LogP contribution is -1.91. The van der Waals surface area contributed by atoms with Crippen LogP contribution in [0.1, 0.15) is 6.92 Å². The Balaban J connectivity index is 2.97. The maximum atomic E-state index is 6.78. The molecule has 0 aromatic heterocycles. The summed E-state index contributed by atoms with van der Waals surface area (Å²) < 4.78 is 6.12. The van der Waals surface area contributed by atoms with E-state index in [-0.39, 0.29) is 0 Å². The first-order valence-electron chi connectivity index (χ1n) is 3.57. The Kier molecular flexibility index (Phi) is 3.12. The van der Waals surface area contributed by atoms with Gasteiger partial charge in [0.2, 0.25) is 0 Å². The molecule has 1 aromatic carbocycles. The fraction of sp³-hybridized carbons (Fsp3) is 0.222. The number of hydrogen-bond acceptors (Lipinski definition) is 1. The summed E-state index contributed by atoms with van der Waals surface area (Å²) >= 11 is 3.32. The predicted octanol–water partition coefficient (Wildman–Crippen LogP) is 3.40. The van der Waals surface area contributed by atoms with Crippen LogP contribution in [-0.4, -0.2) is 6.61 Å². The van der Waals surface area contributed by atoms with E-state index in [9.17, 15) is 0 Å². The predicted molar refractivity (Wildman–Crippen MR) is 51.6 cm³/mol. The molecule has 0 bridgehead atoms. The molecule has 0 saturated heterocycles. The molecule has 0 N–H and O–H groups in total. The second-order valence-electron chi connectivity index (χ2n) is 2.16. The van der Waals surface area contributed by atoms with Gasteiger partial charge in [-0.1, -0.05) is 6.07 Å². The van der Waals surface area contributed by atoms with Crippen LogP contribution in [0.25, 0.3) is 4.85 Å². The first kappa shape index (κ1) is 9.08. The Morgan fingerprint density at radius 1 is 1.58 bits per heavy atom. The lowest BCUT2D eigenvalue weighted by atomic mass is 10.3. The fourth-order valence-corrected chi connectivity index (χ4v) is 1.31. The minimum Gasteiger partial charge on any atom is -0.493 e. The minimum absolute atomic E-state index is 0.616. The Bertz CT molecular complexity index is 317. The normalized spacial score (nSPS) is 9.08. The van der Waals surface area contributed by atoms with E-state index < -0.39 is 0 Å². The summed E-state index contributed by atoms with van der Waals surface area (Å²) in [6.45, 7) is 9.34. The second kappa shape index (κ2) is 4.13. The van der Waals surface area contributed by atoms with Gasteiger partial charge >= 0.3 is 0 Å². The third-order valence-electron chi connectivity index (χ3n) is 1.34. The lowest BCUT2D eigenvalue weighted by molar-refractivity contribution is 0.338. The molecule has 0 spiro atoms. The van der Waals surface area contributed by atoms with Crippen molar-refractivity contribution in [3.63, 3.8) is 0 Å². The number of ether oxygens (including phenoxy) is 1. The van der Waals surface area contributed by atoms with Gasteiger partial charge in [-0.15, -0.1) is 0 Å². The van der Waals surface area contributed by atoms with Gasteiger partial charge in [0.25, 0.3) is 0 Å². The Morgan fingerprint density at radius 2 is 2.33 bits per heavy atom. The second-order valence-corrected chi connectivity index (χ2v) is 3.01. The van der Waals surface area contributed by atoms with Crippen LogP contribution in [0.3, 0.4) is 0 Å². The average Bonchev–Trinajstić information content (AvgIpc) is 2.09. The van der Waals surface area contributed by atoms with Crippen LogP contribution in [-0.2, 0) is 0 Å². The number of nitrogens with zero attached hydrogens (tertiary/aromatic N) is 1. The van der Waals surface area contributed by atoms with Crippen LogP contribution in [0, 0.1) is 6.57 Å². The van der Waals surface area contributed by atoms with Crippen molar-refractivity contribution >= 4 is 21.6 Å². The third-order valence-corrected chi connectivity index (χ3v) is 1.96. The molecule has 0 heterocycles. The standard InChI is InChI=1S/C9H8BrNO/c1-3-12-9-5-4-7(11-2)6-8(9)10/h4-6H,3H2,1H3. The van der Waals surface area contributed by atoms with Gasteiger partial charge in [0.1, 0.15) is 5.75 Å². The highest BCUT2D eigenvalue weighted by atomic mass is 79.9. The van der Waals surface area contributed by atoms with Crippen molar-refractivity contribution in [1.82, 2.24) is 0 Å². The zero-order valence-corrected chi connectivity index (χ0v) is 8.26. The molecule has 0 aliphatic carbocycles. The van der Waals surface area contributed by atoms with Crippen molar-refractivity contribution < 1.29 is 4.74 Å². The molecule has 0 unspecified atom stereocenters. The molecule has 0 atom stereocenters. The molecule has 0 aliphatic heterocycles. The molecule has 3 heteroatoms. The highest BCUT2D eigenvalue weighted by molar-refractivity contribution is 9.10. The lowest BCUT2D eigenvalue weighted by Gasteiger charge is -2.04. The average molecular weight is 226 g/mol. The summed E-state index contributed by atoms with van der Waals surface area (Å²) in [6, 6.07) is 5.28. The number of benzene rings is 1. The molecule has 1 rings (SSSR count). The van der Waals surface area contributed by atoms with Crippen molar-refractivity contribution in [3.05, 3.63) is 34.1 Å². The molecule has 0 amide bonds. The Labute approximate surface area is 80.1 Å². The van der Waals surface area contributed by atoms with Crippen LogP contribution in [0.15, 0.2) is 22.7 Å². The van der Waals surface area contributed by atoms with Crippen molar-refractivity contribution in [2.75, 3.05) is 6.61 Å². The van der Waals surface area contributed by atoms with Gasteiger partial charge in [-0.25, -0.2) is 4.85 Å². The van der Waals surface area contributed by atoms with E-state index in [1.165, 1.54) is 0 Å². The summed E-state index contributed by atoms with van der Waals surface area (Å²) in [6.07, 6.45) is 0. The molecular weight excluding hydrogens is 218 g/mol. The SMILES string of the molecule is [C-]#[N+]c1ccc(OCC)c(Br)c1. The highest BCUT2D eigenvalue weighted by Gasteiger charge is 2.00. The van der Waals surface area contributed by atoms with Crippen LogP contribution in [0.2, 0.25) is 0 Å². The van der Waals surface area contributed by atoms with Gasteiger partial charge in [-0.2, -0.15) is 0 Å². The molecule has 62 valence electrons. The summed E-state index contributed by atoms with van der Waals surface area (Å²) in [7, 11) is 0. The van der Waals surface area contributed by atoms with Crippen molar-refractivity contribution in [1.29, 1.82) is 0 Å². The largest absolute Gasteiger partial charge is 0.493 e. The van der Waals surface area contributed by atoms with Gasteiger partial charge in [0.15, 0.2) is 5.69 Å². The van der Waals surface area contributed by atoms with Crippen molar-refractivity contribution in [2.45, 2.75) is 6.92 Å². The molecule has 2 nitrogen and oxygen atoms in total. The number of halogens is 1. The minimum atomic E-state index is 0.616. The number of hydrogen-bond donors (Lipinski definition) is 0. The smallest absolute Gasteiger partial charge is 0.188 e. The molecule has 0 saturated carbocycles. The van der Waals surface area contributed by atoms with Crippen LogP contribution in [0.5, 0.6) is 5.75 Å². The Morgan fingerprint density at radius 3 is 2.83 bits per heavy atom. The third kappa shape index (κ3) is 1.99. The van der Waals surface area contributed by atoms with Crippen LogP contribution in [0.4, 0.5) is 5.69 Å². The molecular formula is C9H8BrNO. The van der Waals surface area contributed by atoms with Crippen molar-refractivity contribution in [3.8, 4) is 5.75 Å². The van der Waals surface area contributed by atoms with E-state index in [4.69, 9.17) is 11.3 Å². The van der Waals surface area contributed by atoms with E-state index in [2.05, 4.69) is 20.8 Å². The van der Waals surface area contributed by atoms with Gasteiger partial charge in [-0.05, 0) is 35.0 Å². The zero-order valence-electron chi connectivity index (χ0n) is 6.67. The summed E-state index contributed by atoms with van der Waals surface area (Å²) in [5.74, 6) is 0.782. The first-order valence-corrected chi connectivity index (χ1v) is 4.37. The molecule has 0 aliphatic rings. The van der Waals surface area contributed by atoms with E-state index >= 15 is 0 Å². The van der Waals surface area contributed by atoms with E-state index in [1.54, 1.807) is 18.2 Å². The van der Waals surface area contributed by atoms with Crippen LogP contribution >= 0.6 is 15.9 Å². The van der Waals surface area contributed by atoms with Gasteiger partial charge in [-0.3, -0.25) is 0 Å². The van der Waals surface area contributed by atoms with Gasteiger partial charge < -0.3 is 4.74 Å². The molecule has 0 fully saturated rings. The van der Waals surface area contributed by atoms with E-state index in [0.29, 0.717) is 12.3 Å². The Hall–Kier alpha value is -1.01. The first-order chi connectivity index (χ1) is 5.77. The van der Waals surface area contributed by atoms with Crippen LogP contribution < -0.4 is 4.74 Å². The maximum absolute atomic E-state index is 6.78. The zero-order chi connectivity index (χ0) is 8.97. The van der Waals surface area contributed by atoms with Gasteiger partial charge in [0, 0.05) is 4.47 Å². The highest BCUT2D eigenvalue weighted by Crippen LogP contribution is 2.29. The molecule has 1 aromatic rings. The maximum Gasteiger partial charge on any atom is 0.188 e. The van der Waals surface area contributed by atoms with Gasteiger partial charge in [0.05, 0.1) is 13.2 Å². The summed E-state index contributed by atoms with van der Waals surface area (Å²) in [5, 5.41) is 0. The fourth-order valence-electron chi connectivity index (χ4n) is 0.832. The quantitative estimate of drug-likeness (QED) is 0.704. The van der Waals surface area contributed by atoms with E-state index in [1.807, 2.05) is 6.92 Å². The summed E-state index contributed by atoms with van der Waals surface area (Å²) in [4.78, 5) is 3.30. The number of rotatable bonds is 2. The summed E-state index contributed by atoms with van der Waals surface area (Å²) in [5.41, 5.74) is 0.616. The topological polar surface area (TPSA) is 13.6 Å². The molecule has 0 radical (unpaired) electrons. The molecule has 12 heavy (non-hydrogen) atoms. The van der Waals surface area contributed by atoms with Crippen molar-refractivity contribution in [2.24, 2.45) is 0 Å².